The van der Waals surface area contributed by atoms with Crippen LogP contribution in [0.2, 0.25) is 0 Å². The maximum absolute atomic E-state index is 12.6. The fourth-order valence-corrected chi connectivity index (χ4v) is 4.67. The topological polar surface area (TPSA) is 57.6 Å². The average Bonchev–Trinajstić information content (AvgIpc) is 2.72. The summed E-state index contributed by atoms with van der Waals surface area (Å²) in [5.41, 5.74) is -0.540. The van der Waals surface area contributed by atoms with Crippen molar-refractivity contribution in [3.63, 3.8) is 0 Å². The minimum atomic E-state index is -3.61. The third kappa shape index (κ3) is 3.00. The van der Waals surface area contributed by atoms with Crippen molar-refractivity contribution in [1.82, 2.24) is 4.31 Å². The Bertz CT molecular complexity index is 512. The first-order valence-electron chi connectivity index (χ1n) is 5.56. The second-order valence-corrected chi connectivity index (χ2v) is 7.69. The summed E-state index contributed by atoms with van der Waals surface area (Å²) >= 11 is 1.24. The van der Waals surface area contributed by atoms with Crippen LogP contribution in [0.4, 0.5) is 0 Å². The molecule has 1 aromatic heterocycles. The van der Waals surface area contributed by atoms with Crippen molar-refractivity contribution in [2.45, 2.75) is 37.8 Å². The molecule has 1 heterocycles. The predicted molar refractivity (Wildman–Crippen MR) is 74.1 cm³/mol. The van der Waals surface area contributed by atoms with Crippen molar-refractivity contribution < 1.29 is 13.5 Å². The van der Waals surface area contributed by atoms with E-state index >= 15 is 0 Å². The highest BCUT2D eigenvalue weighted by atomic mass is 32.2. The molecule has 6 heteroatoms. The first-order chi connectivity index (χ1) is 8.25. The van der Waals surface area contributed by atoms with Gasteiger partial charge in [-0.15, -0.1) is 17.9 Å². The van der Waals surface area contributed by atoms with Crippen molar-refractivity contribution >= 4 is 21.4 Å². The molecule has 0 atom stereocenters. The van der Waals surface area contributed by atoms with Gasteiger partial charge in [0.05, 0.1) is 11.5 Å². The number of hydrogen-bond acceptors (Lipinski definition) is 4. The Morgan fingerprint density at radius 1 is 1.50 bits per heavy atom. The molecule has 0 aliphatic heterocycles. The van der Waals surface area contributed by atoms with Gasteiger partial charge in [0.25, 0.3) is 0 Å². The second kappa shape index (κ2) is 5.52. The van der Waals surface area contributed by atoms with Gasteiger partial charge in [0, 0.05) is 17.0 Å². The highest BCUT2D eigenvalue weighted by Gasteiger charge is 2.34. The summed E-state index contributed by atoms with van der Waals surface area (Å²) in [6, 6.07) is 1.54. The molecule has 18 heavy (non-hydrogen) atoms. The molecular weight excluding hydrogens is 270 g/mol. The van der Waals surface area contributed by atoms with Gasteiger partial charge in [-0.3, -0.25) is 0 Å². The molecule has 102 valence electrons. The highest BCUT2D eigenvalue weighted by molar-refractivity contribution is 7.89. The lowest BCUT2D eigenvalue weighted by Gasteiger charge is -2.33. The summed E-state index contributed by atoms with van der Waals surface area (Å²) in [7, 11) is -3.61. The largest absolute Gasteiger partial charge is 0.391 e. The van der Waals surface area contributed by atoms with Gasteiger partial charge in [0.2, 0.25) is 10.0 Å². The molecule has 0 aromatic carbocycles. The van der Waals surface area contributed by atoms with E-state index in [0.717, 1.165) is 0 Å². The van der Waals surface area contributed by atoms with Crippen molar-refractivity contribution in [3.05, 3.63) is 29.0 Å². The van der Waals surface area contributed by atoms with Gasteiger partial charge in [0.15, 0.2) is 0 Å². The molecule has 0 saturated carbocycles. The molecule has 0 unspecified atom stereocenters. The van der Waals surface area contributed by atoms with Gasteiger partial charge in [-0.25, -0.2) is 8.42 Å². The van der Waals surface area contributed by atoms with Crippen LogP contribution in [0.3, 0.4) is 0 Å². The van der Waals surface area contributed by atoms with E-state index in [1.54, 1.807) is 11.5 Å². The van der Waals surface area contributed by atoms with Crippen LogP contribution >= 0.6 is 11.3 Å². The molecular formula is C12H19NO3S2. The lowest BCUT2D eigenvalue weighted by molar-refractivity contribution is 0.266. The van der Waals surface area contributed by atoms with E-state index in [0.29, 0.717) is 4.88 Å². The standard InChI is InChI=1S/C12H19NO3S2/c1-5-7-13(12(2,3)4)18(15,16)11-6-8-17-10(11)9-14/h5-6,8,14H,1,7,9H2,2-4H3. The number of nitrogens with zero attached hydrogens (tertiary/aromatic N) is 1. The maximum Gasteiger partial charge on any atom is 0.245 e. The molecule has 0 amide bonds. The van der Waals surface area contributed by atoms with Crippen molar-refractivity contribution in [2.75, 3.05) is 6.54 Å². The number of aliphatic hydroxyl groups excluding tert-OH is 1. The van der Waals surface area contributed by atoms with Crippen molar-refractivity contribution in [2.24, 2.45) is 0 Å². The van der Waals surface area contributed by atoms with Crippen LogP contribution < -0.4 is 0 Å². The molecule has 1 rings (SSSR count). The average molecular weight is 289 g/mol. The van der Waals surface area contributed by atoms with Gasteiger partial charge in [-0.05, 0) is 32.2 Å². The van der Waals surface area contributed by atoms with E-state index in [2.05, 4.69) is 6.58 Å². The predicted octanol–water partition coefficient (Wildman–Crippen LogP) is 2.22. The van der Waals surface area contributed by atoms with Crippen LogP contribution in [0.5, 0.6) is 0 Å². The van der Waals surface area contributed by atoms with Crippen molar-refractivity contribution in [1.29, 1.82) is 0 Å². The zero-order chi connectivity index (χ0) is 14.0. The van der Waals surface area contributed by atoms with Crippen LogP contribution in [-0.4, -0.2) is 29.9 Å². The molecule has 1 aromatic rings. The lowest BCUT2D eigenvalue weighted by Crippen LogP contribution is -2.45. The molecule has 0 saturated heterocycles. The molecule has 0 spiro atoms. The Morgan fingerprint density at radius 2 is 2.11 bits per heavy atom. The Kier molecular flexibility index (Phi) is 4.72. The van der Waals surface area contributed by atoms with E-state index in [1.807, 2.05) is 20.8 Å². The summed E-state index contributed by atoms with van der Waals surface area (Å²) in [5.74, 6) is 0. The first kappa shape index (κ1) is 15.4. The van der Waals surface area contributed by atoms with E-state index in [1.165, 1.54) is 21.7 Å². The summed E-state index contributed by atoms with van der Waals surface area (Å²) in [6.45, 7) is 9.07. The minimum Gasteiger partial charge on any atom is -0.391 e. The zero-order valence-electron chi connectivity index (χ0n) is 10.9. The molecule has 0 fully saturated rings. The Morgan fingerprint density at radius 3 is 2.56 bits per heavy atom. The van der Waals surface area contributed by atoms with E-state index < -0.39 is 15.6 Å². The number of rotatable bonds is 5. The number of aliphatic hydroxyl groups is 1. The van der Waals surface area contributed by atoms with E-state index in [4.69, 9.17) is 0 Å². The van der Waals surface area contributed by atoms with Gasteiger partial charge >= 0.3 is 0 Å². The van der Waals surface area contributed by atoms with Gasteiger partial charge in [-0.1, -0.05) is 6.08 Å². The van der Waals surface area contributed by atoms with Gasteiger partial charge in [-0.2, -0.15) is 4.31 Å². The minimum absolute atomic E-state index is 0.187. The fraction of sp³-hybridized carbons (Fsp3) is 0.500. The fourth-order valence-electron chi connectivity index (χ4n) is 1.64. The smallest absolute Gasteiger partial charge is 0.245 e. The van der Waals surface area contributed by atoms with Crippen LogP contribution in [0, 0.1) is 0 Å². The third-order valence-electron chi connectivity index (χ3n) is 2.46. The molecule has 1 N–H and O–H groups in total. The molecule has 4 nitrogen and oxygen atoms in total. The number of hydrogen-bond donors (Lipinski definition) is 1. The molecule has 0 aliphatic carbocycles. The van der Waals surface area contributed by atoms with Crippen LogP contribution in [0.15, 0.2) is 29.0 Å². The Labute approximate surface area is 113 Å². The Balaban J connectivity index is 3.30. The van der Waals surface area contributed by atoms with Crippen LogP contribution in [0.1, 0.15) is 25.6 Å². The van der Waals surface area contributed by atoms with Gasteiger partial charge in [0.1, 0.15) is 0 Å². The highest BCUT2D eigenvalue weighted by Crippen LogP contribution is 2.29. The number of thiophene rings is 1. The van der Waals surface area contributed by atoms with Crippen LogP contribution in [-0.2, 0) is 16.6 Å². The lowest BCUT2D eigenvalue weighted by atomic mass is 10.1. The monoisotopic (exact) mass is 289 g/mol. The normalized spacial score (nSPS) is 12.9. The summed E-state index contributed by atoms with van der Waals surface area (Å²) in [6.07, 6.45) is 1.56. The maximum atomic E-state index is 12.6. The van der Waals surface area contributed by atoms with Crippen molar-refractivity contribution in [3.8, 4) is 0 Å². The number of sulfonamides is 1. The van der Waals surface area contributed by atoms with E-state index in [9.17, 15) is 13.5 Å². The van der Waals surface area contributed by atoms with E-state index in [-0.39, 0.29) is 18.0 Å². The first-order valence-corrected chi connectivity index (χ1v) is 7.88. The quantitative estimate of drug-likeness (QED) is 0.846. The van der Waals surface area contributed by atoms with Gasteiger partial charge < -0.3 is 5.11 Å². The third-order valence-corrected chi connectivity index (χ3v) is 5.71. The Hall–Kier alpha value is -0.690. The zero-order valence-corrected chi connectivity index (χ0v) is 12.5. The van der Waals surface area contributed by atoms with Crippen LogP contribution in [0.25, 0.3) is 0 Å². The molecule has 0 radical (unpaired) electrons. The molecule has 0 aliphatic rings. The summed E-state index contributed by atoms with van der Waals surface area (Å²) in [5, 5.41) is 10.9. The second-order valence-electron chi connectivity index (χ2n) is 4.86. The summed E-state index contributed by atoms with van der Waals surface area (Å²) < 4.78 is 26.6. The SMILES string of the molecule is C=CCN(C(C)(C)C)S(=O)(=O)c1ccsc1CO. The summed E-state index contributed by atoms with van der Waals surface area (Å²) in [4.78, 5) is 0.653. The molecule has 0 bridgehead atoms.